The zero-order valence-corrected chi connectivity index (χ0v) is 12.5. The lowest BCUT2D eigenvalue weighted by Crippen LogP contribution is -2.42. The maximum absolute atomic E-state index is 12.2. The standard InChI is InChI=1S/C15H22N2OS/c1-3-17-14(18)6-4-5-13(16)15(17)11-7-9-12(19-2)10-8-11/h7-10,13,15H,3-6,16H2,1-2H3. The summed E-state index contributed by atoms with van der Waals surface area (Å²) in [4.78, 5) is 15.3. The summed E-state index contributed by atoms with van der Waals surface area (Å²) in [6, 6.07) is 8.49. The summed E-state index contributed by atoms with van der Waals surface area (Å²) < 4.78 is 0. The van der Waals surface area contributed by atoms with E-state index < -0.39 is 0 Å². The number of hydrogen-bond donors (Lipinski definition) is 1. The van der Waals surface area contributed by atoms with Gasteiger partial charge in [-0.05, 0) is 43.7 Å². The highest BCUT2D eigenvalue weighted by Gasteiger charge is 2.31. The van der Waals surface area contributed by atoms with Crippen molar-refractivity contribution in [3.05, 3.63) is 29.8 Å². The first-order chi connectivity index (χ1) is 9.17. The Balaban J connectivity index is 2.32. The molecule has 0 aliphatic carbocycles. The van der Waals surface area contributed by atoms with Crippen molar-refractivity contribution in [2.45, 2.75) is 43.2 Å². The number of rotatable bonds is 3. The highest BCUT2D eigenvalue weighted by Crippen LogP contribution is 2.30. The number of likely N-dealkylation sites (N-methyl/N-ethyl adjacent to an activating group) is 1. The lowest BCUT2D eigenvalue weighted by Gasteiger charge is -2.33. The van der Waals surface area contributed by atoms with E-state index in [0.29, 0.717) is 6.42 Å². The predicted octanol–water partition coefficient (Wildman–Crippen LogP) is 2.81. The number of benzene rings is 1. The van der Waals surface area contributed by atoms with E-state index in [1.807, 2.05) is 11.8 Å². The Hall–Kier alpha value is -1.00. The van der Waals surface area contributed by atoms with Gasteiger partial charge in [0.25, 0.3) is 0 Å². The van der Waals surface area contributed by atoms with Crippen LogP contribution < -0.4 is 5.73 Å². The van der Waals surface area contributed by atoms with Crippen molar-refractivity contribution in [3.63, 3.8) is 0 Å². The number of carbonyl (C=O) groups is 1. The average molecular weight is 278 g/mol. The summed E-state index contributed by atoms with van der Waals surface area (Å²) in [6.07, 6.45) is 4.50. The number of amides is 1. The van der Waals surface area contributed by atoms with Crippen LogP contribution in [0.3, 0.4) is 0 Å². The average Bonchev–Trinajstić information content (AvgIpc) is 2.57. The van der Waals surface area contributed by atoms with Crippen molar-refractivity contribution >= 4 is 17.7 Å². The second-order valence-electron chi connectivity index (χ2n) is 4.95. The Morgan fingerprint density at radius 1 is 1.37 bits per heavy atom. The second kappa shape index (κ2) is 6.44. The van der Waals surface area contributed by atoms with Gasteiger partial charge in [0.15, 0.2) is 0 Å². The minimum Gasteiger partial charge on any atom is -0.334 e. The molecule has 1 amide bonds. The monoisotopic (exact) mass is 278 g/mol. The van der Waals surface area contributed by atoms with Crippen LogP contribution >= 0.6 is 11.8 Å². The molecule has 1 fully saturated rings. The molecule has 2 unspecified atom stereocenters. The van der Waals surface area contributed by atoms with Crippen LogP contribution in [0.2, 0.25) is 0 Å². The van der Waals surface area contributed by atoms with Crippen molar-refractivity contribution in [2.75, 3.05) is 12.8 Å². The summed E-state index contributed by atoms with van der Waals surface area (Å²) in [6.45, 7) is 2.75. The molecule has 0 radical (unpaired) electrons. The number of likely N-dealkylation sites (tertiary alicyclic amines) is 1. The fourth-order valence-corrected chi connectivity index (χ4v) is 3.19. The van der Waals surface area contributed by atoms with Gasteiger partial charge in [0, 0.05) is 23.9 Å². The zero-order chi connectivity index (χ0) is 13.8. The molecule has 1 saturated heterocycles. The third-order valence-corrected chi connectivity index (χ3v) is 4.53. The normalized spacial score (nSPS) is 24.4. The molecule has 1 aliphatic rings. The summed E-state index contributed by atoms with van der Waals surface area (Å²) >= 11 is 1.72. The van der Waals surface area contributed by atoms with Gasteiger partial charge < -0.3 is 10.6 Å². The van der Waals surface area contributed by atoms with Gasteiger partial charge in [0.05, 0.1) is 6.04 Å². The first-order valence-corrected chi connectivity index (χ1v) is 8.08. The molecule has 1 heterocycles. The third kappa shape index (κ3) is 3.12. The minimum absolute atomic E-state index is 0.0240. The summed E-state index contributed by atoms with van der Waals surface area (Å²) in [5.74, 6) is 0.231. The number of hydrogen-bond acceptors (Lipinski definition) is 3. The van der Waals surface area contributed by atoms with Gasteiger partial charge in [-0.1, -0.05) is 12.1 Å². The van der Waals surface area contributed by atoms with E-state index in [2.05, 4.69) is 30.5 Å². The molecule has 0 bridgehead atoms. The van der Waals surface area contributed by atoms with Gasteiger partial charge in [-0.3, -0.25) is 4.79 Å². The molecule has 3 nitrogen and oxygen atoms in total. The quantitative estimate of drug-likeness (QED) is 0.865. The van der Waals surface area contributed by atoms with Crippen molar-refractivity contribution in [3.8, 4) is 0 Å². The fraction of sp³-hybridized carbons (Fsp3) is 0.533. The van der Waals surface area contributed by atoms with Crippen molar-refractivity contribution in [2.24, 2.45) is 5.73 Å². The lowest BCUT2D eigenvalue weighted by atomic mass is 9.96. The van der Waals surface area contributed by atoms with Crippen LogP contribution in [-0.4, -0.2) is 29.6 Å². The van der Waals surface area contributed by atoms with Gasteiger partial charge in [-0.25, -0.2) is 0 Å². The summed E-state index contributed by atoms with van der Waals surface area (Å²) in [7, 11) is 0. The van der Waals surface area contributed by atoms with Crippen LogP contribution in [0.4, 0.5) is 0 Å². The number of nitrogens with zero attached hydrogens (tertiary/aromatic N) is 1. The lowest BCUT2D eigenvalue weighted by molar-refractivity contribution is -0.133. The molecule has 1 aromatic rings. The smallest absolute Gasteiger partial charge is 0.223 e. The van der Waals surface area contributed by atoms with Gasteiger partial charge in [0.2, 0.25) is 5.91 Å². The second-order valence-corrected chi connectivity index (χ2v) is 5.83. The molecule has 0 spiro atoms. The van der Waals surface area contributed by atoms with Gasteiger partial charge in [-0.2, -0.15) is 0 Å². The largest absolute Gasteiger partial charge is 0.334 e. The topological polar surface area (TPSA) is 46.3 Å². The molecule has 4 heteroatoms. The molecule has 2 rings (SSSR count). The van der Waals surface area contributed by atoms with E-state index in [-0.39, 0.29) is 18.0 Å². The van der Waals surface area contributed by atoms with Gasteiger partial charge in [-0.15, -0.1) is 11.8 Å². The van der Waals surface area contributed by atoms with Crippen LogP contribution in [0.1, 0.15) is 37.8 Å². The molecule has 0 aromatic heterocycles. The highest BCUT2D eigenvalue weighted by molar-refractivity contribution is 7.98. The molecular formula is C15H22N2OS. The molecule has 2 atom stereocenters. The predicted molar refractivity (Wildman–Crippen MR) is 80.2 cm³/mol. The Labute approximate surface area is 119 Å². The number of nitrogens with two attached hydrogens (primary N) is 1. The molecular weight excluding hydrogens is 256 g/mol. The summed E-state index contributed by atoms with van der Waals surface area (Å²) in [5.41, 5.74) is 7.47. The first-order valence-electron chi connectivity index (χ1n) is 6.86. The summed E-state index contributed by atoms with van der Waals surface area (Å²) in [5, 5.41) is 0. The first kappa shape index (κ1) is 14.4. The van der Waals surface area contributed by atoms with Crippen LogP contribution in [0, 0.1) is 0 Å². The SMILES string of the molecule is CCN1C(=O)CCCC(N)C1c1ccc(SC)cc1. The van der Waals surface area contributed by atoms with E-state index in [1.54, 1.807) is 11.8 Å². The molecule has 1 aromatic carbocycles. The molecule has 2 N–H and O–H groups in total. The van der Waals surface area contributed by atoms with Crippen LogP contribution in [-0.2, 0) is 4.79 Å². The van der Waals surface area contributed by atoms with Crippen molar-refractivity contribution in [1.29, 1.82) is 0 Å². The zero-order valence-electron chi connectivity index (χ0n) is 11.6. The molecule has 0 saturated carbocycles. The van der Waals surface area contributed by atoms with E-state index in [0.717, 1.165) is 24.9 Å². The highest BCUT2D eigenvalue weighted by atomic mass is 32.2. The van der Waals surface area contributed by atoms with Crippen molar-refractivity contribution < 1.29 is 4.79 Å². The molecule has 19 heavy (non-hydrogen) atoms. The Kier molecular flexibility index (Phi) is 4.88. The number of carbonyl (C=O) groups excluding carboxylic acids is 1. The van der Waals surface area contributed by atoms with Crippen molar-refractivity contribution in [1.82, 2.24) is 4.90 Å². The van der Waals surface area contributed by atoms with Crippen LogP contribution in [0.5, 0.6) is 0 Å². The van der Waals surface area contributed by atoms with E-state index >= 15 is 0 Å². The maximum atomic E-state index is 12.2. The molecule has 104 valence electrons. The van der Waals surface area contributed by atoms with E-state index in [1.165, 1.54) is 4.90 Å². The van der Waals surface area contributed by atoms with Crippen LogP contribution in [0.25, 0.3) is 0 Å². The van der Waals surface area contributed by atoms with Crippen LogP contribution in [0.15, 0.2) is 29.2 Å². The van der Waals surface area contributed by atoms with Gasteiger partial charge in [0.1, 0.15) is 0 Å². The Morgan fingerprint density at radius 3 is 2.63 bits per heavy atom. The minimum atomic E-state index is 0.0240. The third-order valence-electron chi connectivity index (χ3n) is 3.79. The Bertz CT molecular complexity index is 432. The van der Waals surface area contributed by atoms with Gasteiger partial charge >= 0.3 is 0 Å². The molecule has 1 aliphatic heterocycles. The maximum Gasteiger partial charge on any atom is 0.223 e. The fourth-order valence-electron chi connectivity index (χ4n) is 2.78. The number of thioether (sulfide) groups is 1. The van der Waals surface area contributed by atoms with E-state index in [4.69, 9.17) is 5.73 Å². The Morgan fingerprint density at radius 2 is 2.05 bits per heavy atom. The van der Waals surface area contributed by atoms with E-state index in [9.17, 15) is 4.79 Å².